The number of esters is 1. The van der Waals surface area contributed by atoms with Crippen molar-refractivity contribution in [3.05, 3.63) is 53.3 Å². The third-order valence-corrected chi connectivity index (χ3v) is 3.73. The molecular weight excluding hydrogens is 306 g/mol. The number of anilines is 1. The van der Waals surface area contributed by atoms with E-state index < -0.39 is 0 Å². The number of morpholine rings is 1. The Kier molecular flexibility index (Phi) is 5.18. The highest BCUT2D eigenvalue weighted by Crippen LogP contribution is 2.13. The molecule has 3 rings (SSSR count). The van der Waals surface area contributed by atoms with Gasteiger partial charge in [0.2, 0.25) is 5.95 Å². The molecule has 1 aromatic carbocycles. The largest absolute Gasteiger partial charge is 0.465 e. The second-order valence-electron chi connectivity index (χ2n) is 5.37. The molecular formula is C18H19N3O3. The summed E-state index contributed by atoms with van der Waals surface area (Å²) in [6.07, 6.45) is 7.41. The van der Waals surface area contributed by atoms with Gasteiger partial charge in [-0.15, -0.1) is 0 Å². The summed E-state index contributed by atoms with van der Waals surface area (Å²) in [5, 5.41) is 0. The number of hydrogen-bond donors (Lipinski definition) is 0. The van der Waals surface area contributed by atoms with Crippen molar-refractivity contribution >= 4 is 24.1 Å². The molecule has 1 aliphatic heterocycles. The van der Waals surface area contributed by atoms with Crippen LogP contribution in [0.1, 0.15) is 21.5 Å². The summed E-state index contributed by atoms with van der Waals surface area (Å²) in [4.78, 5) is 22.5. The summed E-state index contributed by atoms with van der Waals surface area (Å²) in [6, 6.07) is 7.25. The molecule has 6 heteroatoms. The minimum absolute atomic E-state index is 0.344. The van der Waals surface area contributed by atoms with Crippen LogP contribution < -0.4 is 4.90 Å². The number of benzene rings is 1. The van der Waals surface area contributed by atoms with E-state index in [-0.39, 0.29) is 5.97 Å². The maximum atomic E-state index is 11.5. The van der Waals surface area contributed by atoms with Crippen molar-refractivity contribution in [1.29, 1.82) is 0 Å². The molecule has 0 unspecified atom stereocenters. The Morgan fingerprint density at radius 3 is 2.58 bits per heavy atom. The molecule has 2 heterocycles. The van der Waals surface area contributed by atoms with Gasteiger partial charge in [0.1, 0.15) is 0 Å². The third kappa shape index (κ3) is 3.97. The molecule has 1 aromatic heterocycles. The number of aromatic nitrogens is 2. The Hall–Kier alpha value is -2.73. The topological polar surface area (TPSA) is 64.5 Å². The van der Waals surface area contributed by atoms with Crippen LogP contribution in [0.25, 0.3) is 12.2 Å². The lowest BCUT2D eigenvalue weighted by Crippen LogP contribution is -2.37. The summed E-state index contributed by atoms with van der Waals surface area (Å²) < 4.78 is 10.1. The van der Waals surface area contributed by atoms with Crippen molar-refractivity contribution in [3.8, 4) is 0 Å². The zero-order chi connectivity index (χ0) is 16.8. The standard InChI is InChI=1S/C18H19N3O3/c1-23-17(22)16-4-2-3-14(11-16)5-6-15-12-19-18(20-13-15)21-7-9-24-10-8-21/h2-6,11-13H,7-10H2,1H3/b6-5+. The zero-order valence-corrected chi connectivity index (χ0v) is 13.5. The van der Waals surface area contributed by atoms with Crippen molar-refractivity contribution in [2.24, 2.45) is 0 Å². The summed E-state index contributed by atoms with van der Waals surface area (Å²) in [7, 11) is 1.37. The zero-order valence-electron chi connectivity index (χ0n) is 13.5. The average molecular weight is 325 g/mol. The van der Waals surface area contributed by atoms with Crippen molar-refractivity contribution in [1.82, 2.24) is 9.97 Å². The van der Waals surface area contributed by atoms with Crippen LogP contribution in [-0.4, -0.2) is 49.4 Å². The molecule has 1 fully saturated rings. The van der Waals surface area contributed by atoms with Crippen LogP contribution in [0.4, 0.5) is 5.95 Å². The fourth-order valence-corrected chi connectivity index (χ4v) is 2.42. The lowest BCUT2D eigenvalue weighted by molar-refractivity contribution is 0.0600. The van der Waals surface area contributed by atoms with Crippen molar-refractivity contribution in [2.75, 3.05) is 38.3 Å². The predicted octanol–water partition coefficient (Wildman–Crippen LogP) is 2.27. The van der Waals surface area contributed by atoms with Gasteiger partial charge in [-0.2, -0.15) is 0 Å². The normalized spacial score (nSPS) is 14.8. The number of nitrogens with zero attached hydrogens (tertiary/aromatic N) is 3. The van der Waals surface area contributed by atoms with Crippen LogP contribution in [-0.2, 0) is 9.47 Å². The molecule has 0 amide bonds. The van der Waals surface area contributed by atoms with Gasteiger partial charge in [-0.25, -0.2) is 14.8 Å². The maximum absolute atomic E-state index is 11.5. The lowest BCUT2D eigenvalue weighted by Gasteiger charge is -2.26. The lowest BCUT2D eigenvalue weighted by atomic mass is 10.1. The SMILES string of the molecule is COC(=O)c1cccc(/C=C/c2cnc(N3CCOCC3)nc2)c1. The van der Waals surface area contributed by atoms with Gasteiger partial charge in [0.15, 0.2) is 0 Å². The van der Waals surface area contributed by atoms with E-state index in [1.807, 2.05) is 24.3 Å². The van der Waals surface area contributed by atoms with Gasteiger partial charge in [0.25, 0.3) is 0 Å². The Balaban J connectivity index is 1.69. The van der Waals surface area contributed by atoms with E-state index in [9.17, 15) is 4.79 Å². The molecule has 0 bridgehead atoms. The first-order valence-corrected chi connectivity index (χ1v) is 7.77. The first-order valence-electron chi connectivity index (χ1n) is 7.77. The number of methoxy groups -OCH3 is 1. The molecule has 24 heavy (non-hydrogen) atoms. The van der Waals surface area contributed by atoms with Crippen LogP contribution in [0.2, 0.25) is 0 Å². The van der Waals surface area contributed by atoms with Gasteiger partial charge >= 0.3 is 5.97 Å². The quantitative estimate of drug-likeness (QED) is 0.804. The number of rotatable bonds is 4. The van der Waals surface area contributed by atoms with Gasteiger partial charge in [-0.05, 0) is 17.7 Å². The number of hydrogen-bond acceptors (Lipinski definition) is 6. The van der Waals surface area contributed by atoms with Crippen molar-refractivity contribution in [3.63, 3.8) is 0 Å². The summed E-state index contributed by atoms with van der Waals surface area (Å²) in [6.45, 7) is 3.05. The van der Waals surface area contributed by atoms with Crippen LogP contribution in [0.15, 0.2) is 36.7 Å². The maximum Gasteiger partial charge on any atom is 0.337 e. The molecule has 0 saturated carbocycles. The molecule has 2 aromatic rings. The van der Waals surface area contributed by atoms with E-state index >= 15 is 0 Å². The predicted molar refractivity (Wildman–Crippen MR) is 91.8 cm³/mol. The second kappa shape index (κ2) is 7.70. The fourth-order valence-electron chi connectivity index (χ4n) is 2.42. The third-order valence-electron chi connectivity index (χ3n) is 3.73. The molecule has 0 spiro atoms. The second-order valence-corrected chi connectivity index (χ2v) is 5.37. The number of ether oxygens (including phenoxy) is 2. The van der Waals surface area contributed by atoms with E-state index in [2.05, 4.69) is 14.9 Å². The molecule has 0 radical (unpaired) electrons. The van der Waals surface area contributed by atoms with Gasteiger partial charge in [-0.3, -0.25) is 0 Å². The number of carbonyl (C=O) groups is 1. The van der Waals surface area contributed by atoms with Crippen molar-refractivity contribution < 1.29 is 14.3 Å². The van der Waals surface area contributed by atoms with Gasteiger partial charge < -0.3 is 14.4 Å². The average Bonchev–Trinajstić information content (AvgIpc) is 2.67. The number of carbonyl (C=O) groups excluding carboxylic acids is 1. The van der Waals surface area contributed by atoms with E-state index in [1.54, 1.807) is 24.5 Å². The molecule has 1 saturated heterocycles. The summed E-state index contributed by atoms with van der Waals surface area (Å²) in [5.41, 5.74) is 2.34. The molecule has 1 aliphatic rings. The van der Waals surface area contributed by atoms with Crippen LogP contribution in [0, 0.1) is 0 Å². The Morgan fingerprint density at radius 1 is 1.17 bits per heavy atom. The molecule has 124 valence electrons. The summed E-state index contributed by atoms with van der Waals surface area (Å²) in [5.74, 6) is 0.381. The van der Waals surface area contributed by atoms with Crippen LogP contribution in [0.5, 0.6) is 0 Å². The Morgan fingerprint density at radius 2 is 1.88 bits per heavy atom. The molecule has 0 aliphatic carbocycles. The summed E-state index contributed by atoms with van der Waals surface area (Å²) >= 11 is 0. The van der Waals surface area contributed by atoms with E-state index in [0.29, 0.717) is 18.8 Å². The van der Waals surface area contributed by atoms with E-state index in [0.717, 1.165) is 30.2 Å². The molecule has 0 N–H and O–H groups in total. The first kappa shape index (κ1) is 16.1. The first-order chi connectivity index (χ1) is 11.8. The Bertz CT molecular complexity index is 723. The highest BCUT2D eigenvalue weighted by molar-refractivity contribution is 5.90. The minimum atomic E-state index is -0.344. The van der Waals surface area contributed by atoms with Crippen LogP contribution in [0.3, 0.4) is 0 Å². The Labute approximate surface area is 140 Å². The van der Waals surface area contributed by atoms with Gasteiger partial charge in [0, 0.05) is 31.0 Å². The molecule has 6 nitrogen and oxygen atoms in total. The van der Waals surface area contributed by atoms with E-state index in [1.165, 1.54) is 7.11 Å². The highest BCUT2D eigenvalue weighted by Gasteiger charge is 2.12. The van der Waals surface area contributed by atoms with E-state index in [4.69, 9.17) is 9.47 Å². The highest BCUT2D eigenvalue weighted by atomic mass is 16.5. The monoisotopic (exact) mass is 325 g/mol. The fraction of sp³-hybridized carbons (Fsp3) is 0.278. The van der Waals surface area contributed by atoms with Gasteiger partial charge in [0.05, 0.1) is 25.9 Å². The molecule has 0 atom stereocenters. The smallest absolute Gasteiger partial charge is 0.337 e. The van der Waals surface area contributed by atoms with Crippen LogP contribution >= 0.6 is 0 Å². The van der Waals surface area contributed by atoms with Crippen molar-refractivity contribution in [2.45, 2.75) is 0 Å². The van der Waals surface area contributed by atoms with Gasteiger partial charge in [-0.1, -0.05) is 24.3 Å². The minimum Gasteiger partial charge on any atom is -0.465 e.